The average Bonchev–Trinajstić information content (AvgIpc) is 3.42. The number of rotatable bonds is 12. The number of nitrogens with one attached hydrogen (secondary N) is 4. The number of aryl methyl sites for hydroxylation is 1. The molecule has 11 nitrogen and oxygen atoms in total. The Labute approximate surface area is 273 Å². The van der Waals surface area contributed by atoms with Crippen LogP contribution in [0.15, 0.2) is 72.1 Å². The first-order valence-corrected chi connectivity index (χ1v) is 17.1. The zero-order valence-corrected chi connectivity index (χ0v) is 27.5. The second-order valence-electron chi connectivity index (χ2n) is 11.9. The van der Waals surface area contributed by atoms with Crippen molar-refractivity contribution < 1.29 is 27.1 Å². The summed E-state index contributed by atoms with van der Waals surface area (Å²) in [6, 6.07) is 16.5. The van der Waals surface area contributed by atoms with Crippen LogP contribution in [0, 0.1) is 18.2 Å². The van der Waals surface area contributed by atoms with Gasteiger partial charge in [0, 0.05) is 41.9 Å². The molecule has 0 bridgehead atoms. The molecule has 1 saturated heterocycles. The van der Waals surface area contributed by atoms with E-state index in [4.69, 9.17) is 20.6 Å². The minimum atomic E-state index is -3.63. The number of sulfonamides is 1. The van der Waals surface area contributed by atoms with E-state index < -0.39 is 21.6 Å². The Hall–Kier alpha value is -4.88. The second kappa shape index (κ2) is 13.9. The second-order valence-corrected chi connectivity index (χ2v) is 13.6. The van der Waals surface area contributed by atoms with Gasteiger partial charge in [-0.2, -0.15) is 0 Å². The number of allylic oxidation sites excluding steroid dienone is 1. The lowest BCUT2D eigenvalue weighted by molar-refractivity contribution is 0.0849. The number of aromatic nitrogens is 1. The number of carbonyl (C=O) groups is 1. The maximum absolute atomic E-state index is 14.1. The van der Waals surface area contributed by atoms with Crippen molar-refractivity contribution in [1.82, 2.24) is 9.88 Å². The van der Waals surface area contributed by atoms with Crippen LogP contribution in [0.3, 0.4) is 0 Å². The number of nitrogens with zero attached hydrogens (tertiary/aromatic N) is 1. The first-order chi connectivity index (χ1) is 22.3. The fourth-order valence-electron chi connectivity index (χ4n) is 5.47. The number of ketones is 1. The van der Waals surface area contributed by atoms with Crippen LogP contribution >= 0.6 is 0 Å². The van der Waals surface area contributed by atoms with Crippen LogP contribution in [0.1, 0.15) is 42.7 Å². The topological polar surface area (TPSA) is 163 Å². The molecule has 0 radical (unpaired) electrons. The number of halogens is 1. The predicted octanol–water partition coefficient (Wildman–Crippen LogP) is 6.15. The number of para-hydroxylation sites is 1. The van der Waals surface area contributed by atoms with Crippen LogP contribution in [0.25, 0.3) is 10.9 Å². The van der Waals surface area contributed by atoms with Crippen molar-refractivity contribution in [3.8, 4) is 17.2 Å². The van der Waals surface area contributed by atoms with E-state index in [-0.39, 0.29) is 34.6 Å². The van der Waals surface area contributed by atoms with Gasteiger partial charge < -0.3 is 35.8 Å². The van der Waals surface area contributed by atoms with Gasteiger partial charge in [0.2, 0.25) is 15.8 Å². The number of nitrogens with two attached hydrogens (primary N) is 1. The summed E-state index contributed by atoms with van der Waals surface area (Å²) < 4.78 is 53.0. The van der Waals surface area contributed by atoms with Crippen LogP contribution in [0.4, 0.5) is 15.8 Å². The van der Waals surface area contributed by atoms with Gasteiger partial charge in [-0.05, 0) is 87.7 Å². The maximum atomic E-state index is 14.1. The third-order valence-corrected chi connectivity index (χ3v) is 8.54. The van der Waals surface area contributed by atoms with Gasteiger partial charge in [-0.25, -0.2) is 12.8 Å². The summed E-state index contributed by atoms with van der Waals surface area (Å²) in [6.45, 7) is 7.85. The first kappa shape index (κ1) is 33.5. The zero-order valence-electron chi connectivity index (χ0n) is 26.7. The van der Waals surface area contributed by atoms with E-state index >= 15 is 0 Å². The lowest BCUT2D eigenvalue weighted by Crippen LogP contribution is -2.41. The predicted molar refractivity (Wildman–Crippen MR) is 183 cm³/mol. The minimum Gasteiger partial charge on any atom is -0.488 e. The number of piperidine rings is 1. The Balaban J connectivity index is 1.37. The summed E-state index contributed by atoms with van der Waals surface area (Å²) in [5.41, 5.74) is 8.31. The summed E-state index contributed by atoms with van der Waals surface area (Å²) >= 11 is 0. The molecule has 0 unspecified atom stereocenters. The highest BCUT2D eigenvalue weighted by Crippen LogP contribution is 2.34. The molecule has 248 valence electrons. The van der Waals surface area contributed by atoms with E-state index in [0.29, 0.717) is 39.7 Å². The summed E-state index contributed by atoms with van der Waals surface area (Å²) in [4.78, 5) is 19.0. The summed E-state index contributed by atoms with van der Waals surface area (Å²) in [5.74, 6) is -0.179. The molecule has 0 aliphatic carbocycles. The quantitative estimate of drug-likeness (QED) is 0.0686. The molecule has 1 aliphatic rings. The molecule has 1 fully saturated rings. The lowest BCUT2D eigenvalue weighted by Gasteiger charge is -2.34. The van der Waals surface area contributed by atoms with Crippen LogP contribution in [0.2, 0.25) is 0 Å². The van der Waals surface area contributed by atoms with E-state index in [1.807, 2.05) is 0 Å². The molecule has 1 aromatic heterocycles. The summed E-state index contributed by atoms with van der Waals surface area (Å²) in [5, 5.41) is 11.5. The standard InChI is InChI=1S/C34H39FN6O5S/c1-20(2)41-13-11-24(12-14-41)45-32-17-22-16-29(39-27(22)18-28(32)40-47(4,43)44)33(42)25(19-36)34(37)38-23-9-10-30(21(3)15-23)46-31-8-6-5-7-26(31)35/h5-10,15-20,24,36,38-40H,11-14,37H2,1-4H3/b34-25+,36-19?. The average molecular weight is 663 g/mol. The van der Waals surface area contributed by atoms with E-state index in [1.165, 1.54) is 12.1 Å². The monoisotopic (exact) mass is 662 g/mol. The molecular weight excluding hydrogens is 623 g/mol. The van der Waals surface area contributed by atoms with Gasteiger partial charge in [0.1, 0.15) is 23.4 Å². The maximum Gasteiger partial charge on any atom is 0.229 e. The van der Waals surface area contributed by atoms with Gasteiger partial charge in [-0.1, -0.05) is 12.1 Å². The highest BCUT2D eigenvalue weighted by molar-refractivity contribution is 7.92. The molecule has 1 aliphatic heterocycles. The van der Waals surface area contributed by atoms with Gasteiger partial charge in [-0.3, -0.25) is 9.52 Å². The van der Waals surface area contributed by atoms with Crippen LogP contribution in [-0.2, 0) is 10.0 Å². The normalized spacial score (nSPS) is 14.9. The van der Waals surface area contributed by atoms with Crippen molar-refractivity contribution in [3.05, 3.63) is 89.1 Å². The Morgan fingerprint density at radius 1 is 1.09 bits per heavy atom. The molecular formula is C34H39FN6O5S. The Morgan fingerprint density at radius 2 is 1.81 bits per heavy atom. The molecule has 47 heavy (non-hydrogen) atoms. The number of hydrogen-bond acceptors (Lipinski definition) is 9. The number of ether oxygens (including phenoxy) is 2. The molecule has 0 atom stereocenters. The number of anilines is 2. The Bertz CT molecular complexity index is 1950. The lowest BCUT2D eigenvalue weighted by atomic mass is 10.1. The van der Waals surface area contributed by atoms with Crippen molar-refractivity contribution in [2.24, 2.45) is 5.73 Å². The van der Waals surface area contributed by atoms with Gasteiger partial charge in [-0.15, -0.1) is 0 Å². The van der Waals surface area contributed by atoms with Gasteiger partial charge >= 0.3 is 0 Å². The van der Waals surface area contributed by atoms with Crippen LogP contribution in [-0.4, -0.2) is 61.8 Å². The van der Waals surface area contributed by atoms with Crippen molar-refractivity contribution in [1.29, 1.82) is 5.41 Å². The fourth-order valence-corrected chi connectivity index (χ4v) is 6.03. The number of H-pyrrole nitrogens is 1. The minimum absolute atomic E-state index is 0.0537. The highest BCUT2D eigenvalue weighted by Gasteiger charge is 2.24. The highest BCUT2D eigenvalue weighted by atomic mass is 32.2. The van der Waals surface area contributed by atoms with Crippen LogP contribution < -0.4 is 25.2 Å². The third kappa shape index (κ3) is 8.10. The number of benzene rings is 3. The molecule has 4 aromatic rings. The molecule has 0 saturated carbocycles. The Morgan fingerprint density at radius 3 is 2.45 bits per heavy atom. The molecule has 0 amide bonds. The number of likely N-dealkylation sites (tertiary alicyclic amines) is 1. The fraction of sp³-hybridized carbons (Fsp3) is 0.294. The molecule has 6 N–H and O–H groups in total. The number of fused-ring (bicyclic) bond motifs is 1. The SMILES string of the molecule is Cc1cc(N/C(N)=C(\C=N)C(=O)c2cc3cc(OC4CCN(C(C)C)CC4)c(NS(C)(=O)=O)cc3[nH]2)ccc1Oc1ccccc1F. The van der Waals surface area contributed by atoms with Gasteiger partial charge in [0.15, 0.2) is 11.6 Å². The molecule has 5 rings (SSSR count). The van der Waals surface area contributed by atoms with E-state index in [0.717, 1.165) is 38.4 Å². The number of carbonyl (C=O) groups excluding carboxylic acids is 1. The van der Waals surface area contributed by atoms with Crippen molar-refractivity contribution in [2.45, 2.75) is 45.8 Å². The summed E-state index contributed by atoms with van der Waals surface area (Å²) in [7, 11) is -3.63. The van der Waals surface area contributed by atoms with Gasteiger partial charge in [0.05, 0.1) is 23.2 Å². The van der Waals surface area contributed by atoms with Crippen molar-refractivity contribution >= 4 is 44.3 Å². The van der Waals surface area contributed by atoms with Crippen molar-refractivity contribution in [2.75, 3.05) is 29.4 Å². The third-order valence-electron chi connectivity index (χ3n) is 7.95. The number of Topliss-reactive ketones (excluding diaryl/α,β-unsaturated/α-hetero) is 1. The summed E-state index contributed by atoms with van der Waals surface area (Å²) in [6.07, 6.45) is 3.43. The molecule has 0 spiro atoms. The van der Waals surface area contributed by atoms with E-state index in [2.05, 4.69) is 33.8 Å². The molecule has 2 heterocycles. The van der Waals surface area contributed by atoms with Crippen LogP contribution in [0.5, 0.6) is 17.2 Å². The number of aromatic amines is 1. The largest absolute Gasteiger partial charge is 0.488 e. The Kier molecular flexibility index (Phi) is 9.87. The smallest absolute Gasteiger partial charge is 0.229 e. The number of hydrogen-bond donors (Lipinski definition) is 5. The van der Waals surface area contributed by atoms with Crippen molar-refractivity contribution in [3.63, 3.8) is 0 Å². The molecule has 13 heteroatoms. The first-order valence-electron chi connectivity index (χ1n) is 15.2. The zero-order chi connectivity index (χ0) is 33.9. The van der Waals surface area contributed by atoms with E-state index in [1.54, 1.807) is 55.5 Å². The molecule has 3 aromatic carbocycles. The van der Waals surface area contributed by atoms with E-state index in [9.17, 15) is 17.6 Å². The van der Waals surface area contributed by atoms with Gasteiger partial charge in [0.25, 0.3) is 0 Å².